The van der Waals surface area contributed by atoms with Gasteiger partial charge in [-0.15, -0.1) is 0 Å². The average molecular weight is 669 g/mol. The van der Waals surface area contributed by atoms with Gasteiger partial charge in [0.1, 0.15) is 18.3 Å². The number of likely N-dealkylation sites (N-methyl/N-ethyl adjacent to an activating group) is 1. The standard InChI is InChI=1S/C34H35Cl2N3O5S/c1-3-37-34(41)32(22-25-11-7-5-8-12-25)38(23-26-15-20-30(35)31(36)21-26)33(40)24-39(27-13-9-6-10-14-27)45(42,43)29-18-16-28(17-19-29)44-4-2/h5-21,32H,3-4,22-24H2,1-2H3,(H,37,41)/t32-/m0/s1. The van der Waals surface area contributed by atoms with Gasteiger partial charge in [-0.05, 0) is 73.5 Å². The molecule has 0 aromatic heterocycles. The maximum absolute atomic E-state index is 14.4. The highest BCUT2D eigenvalue weighted by Crippen LogP contribution is 2.27. The molecule has 0 unspecified atom stereocenters. The Morgan fingerprint density at radius 1 is 0.822 bits per heavy atom. The second kappa shape index (κ2) is 15.8. The summed E-state index contributed by atoms with van der Waals surface area (Å²) in [6, 6.07) is 27.8. The number of halogens is 2. The van der Waals surface area contributed by atoms with Crippen LogP contribution in [0.25, 0.3) is 0 Å². The number of amides is 2. The van der Waals surface area contributed by atoms with Gasteiger partial charge in [-0.3, -0.25) is 13.9 Å². The molecule has 45 heavy (non-hydrogen) atoms. The van der Waals surface area contributed by atoms with Crippen molar-refractivity contribution in [3.05, 3.63) is 124 Å². The summed E-state index contributed by atoms with van der Waals surface area (Å²) in [5.74, 6) is -0.417. The second-order valence-corrected chi connectivity index (χ2v) is 12.8. The number of hydrogen-bond acceptors (Lipinski definition) is 5. The van der Waals surface area contributed by atoms with Crippen molar-refractivity contribution >= 4 is 50.7 Å². The lowest BCUT2D eigenvalue weighted by atomic mass is 10.0. The number of rotatable bonds is 14. The molecule has 0 fully saturated rings. The van der Waals surface area contributed by atoms with Crippen molar-refractivity contribution in [2.45, 2.75) is 37.8 Å². The van der Waals surface area contributed by atoms with E-state index in [1.54, 1.807) is 67.6 Å². The molecule has 0 aliphatic rings. The van der Waals surface area contributed by atoms with Crippen LogP contribution in [0.4, 0.5) is 5.69 Å². The Balaban J connectivity index is 1.78. The highest BCUT2D eigenvalue weighted by atomic mass is 35.5. The molecule has 236 valence electrons. The number of benzene rings is 4. The largest absolute Gasteiger partial charge is 0.494 e. The monoisotopic (exact) mass is 667 g/mol. The van der Waals surface area contributed by atoms with Crippen molar-refractivity contribution in [3.8, 4) is 5.75 Å². The van der Waals surface area contributed by atoms with E-state index in [0.29, 0.717) is 40.2 Å². The van der Waals surface area contributed by atoms with Crippen molar-refractivity contribution in [2.24, 2.45) is 0 Å². The molecule has 0 radical (unpaired) electrons. The zero-order valence-corrected chi connectivity index (χ0v) is 27.4. The van der Waals surface area contributed by atoms with Crippen LogP contribution < -0.4 is 14.4 Å². The predicted molar refractivity (Wildman–Crippen MR) is 178 cm³/mol. The Labute approximate surface area is 274 Å². The summed E-state index contributed by atoms with van der Waals surface area (Å²) in [7, 11) is -4.22. The number of carbonyl (C=O) groups excluding carboxylic acids is 2. The van der Waals surface area contributed by atoms with Crippen LogP contribution in [0.5, 0.6) is 5.75 Å². The molecule has 0 aliphatic carbocycles. The topological polar surface area (TPSA) is 96.0 Å². The second-order valence-electron chi connectivity index (χ2n) is 10.1. The van der Waals surface area contributed by atoms with Gasteiger partial charge < -0.3 is 15.0 Å². The summed E-state index contributed by atoms with van der Waals surface area (Å²) >= 11 is 12.5. The first kappa shape index (κ1) is 33.8. The molecular formula is C34H35Cl2N3O5S. The van der Waals surface area contributed by atoms with Gasteiger partial charge in [-0.1, -0.05) is 77.8 Å². The Morgan fingerprint density at radius 3 is 2.07 bits per heavy atom. The van der Waals surface area contributed by atoms with Gasteiger partial charge in [0.05, 0.1) is 27.2 Å². The number of anilines is 1. The van der Waals surface area contributed by atoms with Gasteiger partial charge in [-0.2, -0.15) is 0 Å². The number of carbonyl (C=O) groups is 2. The fourth-order valence-corrected chi connectivity index (χ4v) is 6.54. The van der Waals surface area contributed by atoms with Crippen LogP contribution in [0.2, 0.25) is 10.0 Å². The predicted octanol–water partition coefficient (Wildman–Crippen LogP) is 6.36. The van der Waals surface area contributed by atoms with E-state index < -0.39 is 28.5 Å². The Bertz CT molecular complexity index is 1690. The zero-order chi connectivity index (χ0) is 32.4. The summed E-state index contributed by atoms with van der Waals surface area (Å²) in [6.07, 6.45) is 0.205. The van der Waals surface area contributed by atoms with Crippen molar-refractivity contribution in [2.75, 3.05) is 24.0 Å². The number of sulfonamides is 1. The number of hydrogen-bond donors (Lipinski definition) is 1. The van der Waals surface area contributed by atoms with Gasteiger partial charge in [0, 0.05) is 19.5 Å². The minimum atomic E-state index is -4.22. The van der Waals surface area contributed by atoms with Crippen molar-refractivity contribution in [1.29, 1.82) is 0 Å². The molecule has 0 aliphatic heterocycles. The SMILES string of the molecule is CCNC(=O)[C@H](Cc1ccccc1)N(Cc1ccc(Cl)c(Cl)c1)C(=O)CN(c1ccccc1)S(=O)(=O)c1ccc(OCC)cc1. The van der Waals surface area contributed by atoms with E-state index in [1.807, 2.05) is 37.3 Å². The van der Waals surface area contributed by atoms with Crippen molar-refractivity contribution in [1.82, 2.24) is 10.2 Å². The normalized spacial score (nSPS) is 11.8. The maximum Gasteiger partial charge on any atom is 0.264 e. The van der Waals surface area contributed by atoms with Crippen LogP contribution in [0, 0.1) is 0 Å². The number of nitrogens with one attached hydrogen (secondary N) is 1. The van der Waals surface area contributed by atoms with Crippen LogP contribution in [-0.2, 0) is 32.6 Å². The lowest BCUT2D eigenvalue weighted by molar-refractivity contribution is -0.140. The maximum atomic E-state index is 14.4. The third-order valence-corrected chi connectivity index (χ3v) is 9.53. The van der Waals surface area contributed by atoms with Gasteiger partial charge >= 0.3 is 0 Å². The lowest BCUT2D eigenvalue weighted by Gasteiger charge is -2.34. The quantitative estimate of drug-likeness (QED) is 0.169. The minimum Gasteiger partial charge on any atom is -0.494 e. The highest BCUT2D eigenvalue weighted by Gasteiger charge is 2.34. The molecule has 0 saturated carbocycles. The van der Waals surface area contributed by atoms with Crippen LogP contribution in [0.15, 0.2) is 108 Å². The molecule has 4 aromatic carbocycles. The third-order valence-electron chi connectivity index (χ3n) is 7.00. The van der Waals surface area contributed by atoms with Crippen molar-refractivity contribution < 1.29 is 22.7 Å². The van der Waals surface area contributed by atoms with Gasteiger partial charge in [-0.25, -0.2) is 8.42 Å². The van der Waals surface area contributed by atoms with E-state index in [2.05, 4.69) is 5.32 Å². The molecule has 0 spiro atoms. The first-order chi connectivity index (χ1) is 21.6. The Hall–Kier alpha value is -4.05. The summed E-state index contributed by atoms with van der Waals surface area (Å²) < 4.78 is 34.7. The molecule has 1 N–H and O–H groups in total. The van der Waals surface area contributed by atoms with E-state index >= 15 is 0 Å². The number of para-hydroxylation sites is 1. The molecule has 8 nitrogen and oxygen atoms in total. The smallest absolute Gasteiger partial charge is 0.264 e. The molecule has 0 bridgehead atoms. The van der Waals surface area contributed by atoms with Gasteiger partial charge in [0.2, 0.25) is 11.8 Å². The minimum absolute atomic E-state index is 0.0109. The first-order valence-corrected chi connectivity index (χ1v) is 16.7. The Morgan fingerprint density at radius 2 is 1.47 bits per heavy atom. The first-order valence-electron chi connectivity index (χ1n) is 14.5. The fraction of sp³-hybridized carbons (Fsp3) is 0.235. The molecule has 2 amide bonds. The van der Waals surface area contributed by atoms with Crippen LogP contribution in [0.3, 0.4) is 0 Å². The van der Waals surface area contributed by atoms with E-state index in [4.69, 9.17) is 27.9 Å². The van der Waals surface area contributed by atoms with Crippen LogP contribution >= 0.6 is 23.2 Å². The molecule has 11 heteroatoms. The summed E-state index contributed by atoms with van der Waals surface area (Å²) in [4.78, 5) is 29.4. The third kappa shape index (κ3) is 8.78. The molecule has 4 rings (SSSR count). The Kier molecular flexibility index (Phi) is 11.9. The highest BCUT2D eigenvalue weighted by molar-refractivity contribution is 7.92. The van der Waals surface area contributed by atoms with E-state index in [1.165, 1.54) is 17.0 Å². The number of nitrogens with zero attached hydrogens (tertiary/aromatic N) is 2. The molecule has 1 atom stereocenters. The number of ether oxygens (including phenoxy) is 1. The van der Waals surface area contributed by atoms with Crippen LogP contribution in [0.1, 0.15) is 25.0 Å². The van der Waals surface area contributed by atoms with Crippen LogP contribution in [-0.4, -0.2) is 50.9 Å². The molecule has 0 saturated heterocycles. The summed E-state index contributed by atoms with van der Waals surface area (Å²) in [5, 5.41) is 3.48. The van der Waals surface area contributed by atoms with Crippen molar-refractivity contribution in [3.63, 3.8) is 0 Å². The van der Waals surface area contributed by atoms with Gasteiger partial charge in [0.15, 0.2) is 0 Å². The fourth-order valence-electron chi connectivity index (χ4n) is 4.81. The zero-order valence-electron chi connectivity index (χ0n) is 25.0. The van der Waals surface area contributed by atoms with E-state index in [-0.39, 0.29) is 23.8 Å². The molecule has 4 aromatic rings. The van der Waals surface area contributed by atoms with E-state index in [9.17, 15) is 18.0 Å². The lowest BCUT2D eigenvalue weighted by Crippen LogP contribution is -2.53. The van der Waals surface area contributed by atoms with Gasteiger partial charge in [0.25, 0.3) is 10.0 Å². The molecular weight excluding hydrogens is 633 g/mol. The molecule has 0 heterocycles. The summed E-state index contributed by atoms with van der Waals surface area (Å²) in [5.41, 5.74) is 1.76. The average Bonchev–Trinajstić information content (AvgIpc) is 3.04. The summed E-state index contributed by atoms with van der Waals surface area (Å²) in [6.45, 7) is 3.83. The van der Waals surface area contributed by atoms with E-state index in [0.717, 1.165) is 9.87 Å².